The summed E-state index contributed by atoms with van der Waals surface area (Å²) in [4.78, 5) is 19.7. The van der Waals surface area contributed by atoms with E-state index in [0.717, 1.165) is 20.1 Å². The number of halogens is 1. The SMILES string of the molecule is Cc1ccc(OCCN(C)C(=O)c2csc(-c3cc(Br)cs3)n2)cc1. The lowest BCUT2D eigenvalue weighted by Gasteiger charge is -2.16. The number of carbonyl (C=O) groups excluding carboxylic acids is 1. The molecule has 25 heavy (non-hydrogen) atoms. The van der Waals surface area contributed by atoms with Crippen molar-refractivity contribution in [2.45, 2.75) is 6.92 Å². The van der Waals surface area contributed by atoms with Gasteiger partial charge >= 0.3 is 0 Å². The molecule has 1 amide bonds. The lowest BCUT2D eigenvalue weighted by Crippen LogP contribution is -2.31. The number of nitrogens with zero attached hydrogens (tertiary/aromatic N) is 2. The van der Waals surface area contributed by atoms with Gasteiger partial charge in [-0.3, -0.25) is 4.79 Å². The Morgan fingerprint density at radius 3 is 2.68 bits per heavy atom. The van der Waals surface area contributed by atoms with Crippen LogP contribution in [0.5, 0.6) is 5.75 Å². The van der Waals surface area contributed by atoms with Crippen LogP contribution in [0, 0.1) is 6.92 Å². The number of hydrogen-bond acceptors (Lipinski definition) is 5. The summed E-state index contributed by atoms with van der Waals surface area (Å²) >= 11 is 6.53. The topological polar surface area (TPSA) is 42.4 Å². The van der Waals surface area contributed by atoms with Gasteiger partial charge in [0.2, 0.25) is 0 Å². The third-order valence-corrected chi connectivity index (χ3v) is 6.27. The Morgan fingerprint density at radius 1 is 1.24 bits per heavy atom. The number of aromatic nitrogens is 1. The lowest BCUT2D eigenvalue weighted by molar-refractivity contribution is 0.0769. The fourth-order valence-electron chi connectivity index (χ4n) is 2.14. The fourth-order valence-corrected chi connectivity index (χ4v) is 4.44. The average Bonchev–Trinajstić information content (AvgIpc) is 3.24. The lowest BCUT2D eigenvalue weighted by atomic mass is 10.2. The highest BCUT2D eigenvalue weighted by Gasteiger charge is 2.16. The van der Waals surface area contributed by atoms with Gasteiger partial charge in [-0.1, -0.05) is 17.7 Å². The highest BCUT2D eigenvalue weighted by Crippen LogP contribution is 2.32. The zero-order valence-electron chi connectivity index (χ0n) is 13.9. The molecular formula is C18H17BrN2O2S2. The summed E-state index contributed by atoms with van der Waals surface area (Å²) in [6.45, 7) is 2.98. The first-order valence-corrected chi connectivity index (χ1v) is 10.2. The maximum absolute atomic E-state index is 12.5. The van der Waals surface area contributed by atoms with E-state index < -0.39 is 0 Å². The molecule has 0 fully saturated rings. The van der Waals surface area contributed by atoms with Gasteiger partial charge in [-0.2, -0.15) is 0 Å². The van der Waals surface area contributed by atoms with E-state index in [1.807, 2.05) is 48.0 Å². The molecule has 3 rings (SSSR count). The van der Waals surface area contributed by atoms with Gasteiger partial charge in [0.25, 0.3) is 5.91 Å². The van der Waals surface area contributed by atoms with Crippen LogP contribution in [0.2, 0.25) is 0 Å². The van der Waals surface area contributed by atoms with Crippen LogP contribution in [0.1, 0.15) is 16.1 Å². The van der Waals surface area contributed by atoms with Gasteiger partial charge in [0.15, 0.2) is 0 Å². The molecule has 0 saturated carbocycles. The Morgan fingerprint density at radius 2 is 2.00 bits per heavy atom. The Labute approximate surface area is 163 Å². The van der Waals surface area contributed by atoms with Crippen LogP contribution in [-0.2, 0) is 0 Å². The first-order chi connectivity index (χ1) is 12.0. The molecule has 0 unspecified atom stereocenters. The second kappa shape index (κ2) is 8.12. The van der Waals surface area contributed by atoms with Gasteiger partial charge < -0.3 is 9.64 Å². The number of hydrogen-bond donors (Lipinski definition) is 0. The van der Waals surface area contributed by atoms with E-state index in [2.05, 4.69) is 20.9 Å². The molecule has 0 aliphatic rings. The molecule has 2 heterocycles. The summed E-state index contributed by atoms with van der Waals surface area (Å²) in [6.07, 6.45) is 0. The molecule has 0 saturated heterocycles. The van der Waals surface area contributed by atoms with E-state index in [1.54, 1.807) is 23.3 Å². The third kappa shape index (κ3) is 4.68. The van der Waals surface area contributed by atoms with Crippen LogP contribution >= 0.6 is 38.6 Å². The normalized spacial score (nSPS) is 10.7. The minimum absolute atomic E-state index is 0.0920. The average molecular weight is 437 g/mol. The quantitative estimate of drug-likeness (QED) is 0.539. The highest BCUT2D eigenvalue weighted by atomic mass is 79.9. The van der Waals surface area contributed by atoms with E-state index in [9.17, 15) is 4.79 Å². The molecule has 0 aliphatic heterocycles. The molecule has 0 radical (unpaired) electrons. The van der Waals surface area contributed by atoms with E-state index in [-0.39, 0.29) is 5.91 Å². The second-order valence-electron chi connectivity index (χ2n) is 5.56. The molecule has 0 aliphatic carbocycles. The minimum Gasteiger partial charge on any atom is -0.492 e. The van der Waals surface area contributed by atoms with E-state index >= 15 is 0 Å². The maximum Gasteiger partial charge on any atom is 0.273 e. The summed E-state index contributed by atoms with van der Waals surface area (Å²) in [5.74, 6) is 0.719. The zero-order valence-corrected chi connectivity index (χ0v) is 17.1. The number of likely N-dealkylation sites (N-methyl/N-ethyl adjacent to an activating group) is 1. The second-order valence-corrected chi connectivity index (χ2v) is 8.24. The monoisotopic (exact) mass is 436 g/mol. The van der Waals surface area contributed by atoms with Crippen molar-refractivity contribution in [3.63, 3.8) is 0 Å². The Balaban J connectivity index is 1.55. The van der Waals surface area contributed by atoms with Crippen molar-refractivity contribution in [1.29, 1.82) is 0 Å². The predicted octanol–water partition coefficient (Wildman–Crippen LogP) is 5.09. The van der Waals surface area contributed by atoms with E-state index in [4.69, 9.17) is 4.74 Å². The number of amides is 1. The molecule has 0 N–H and O–H groups in total. The first-order valence-electron chi connectivity index (χ1n) is 7.68. The summed E-state index contributed by atoms with van der Waals surface area (Å²) < 4.78 is 6.71. The third-order valence-electron chi connectivity index (χ3n) is 3.56. The van der Waals surface area contributed by atoms with Crippen molar-refractivity contribution >= 4 is 44.5 Å². The molecule has 130 valence electrons. The largest absolute Gasteiger partial charge is 0.492 e. The van der Waals surface area contributed by atoms with Crippen molar-refractivity contribution in [2.75, 3.05) is 20.2 Å². The van der Waals surface area contributed by atoms with Gasteiger partial charge in [0.05, 0.1) is 11.4 Å². The van der Waals surface area contributed by atoms with Crippen LogP contribution < -0.4 is 4.74 Å². The van der Waals surface area contributed by atoms with Crippen LogP contribution in [0.3, 0.4) is 0 Å². The van der Waals surface area contributed by atoms with Crippen molar-refractivity contribution in [3.05, 3.63) is 56.8 Å². The summed E-state index contributed by atoms with van der Waals surface area (Å²) in [5, 5.41) is 4.68. The Kier molecular flexibility index (Phi) is 5.88. The fraction of sp³-hybridized carbons (Fsp3) is 0.222. The number of thiazole rings is 1. The molecule has 4 nitrogen and oxygen atoms in total. The molecule has 2 aromatic heterocycles. The standard InChI is InChI=1S/C18H17BrN2O2S2/c1-12-3-5-14(6-4-12)23-8-7-21(2)18(22)15-11-25-17(20-15)16-9-13(19)10-24-16/h3-6,9-11H,7-8H2,1-2H3. The number of rotatable bonds is 6. The number of thiophene rings is 1. The zero-order chi connectivity index (χ0) is 17.8. The van der Waals surface area contributed by atoms with Gasteiger partial charge in [-0.05, 0) is 41.1 Å². The molecule has 3 aromatic rings. The number of benzene rings is 1. The van der Waals surface area contributed by atoms with Gasteiger partial charge in [0.1, 0.15) is 23.1 Å². The Hall–Kier alpha value is -1.70. The van der Waals surface area contributed by atoms with Crippen LogP contribution in [-0.4, -0.2) is 36.0 Å². The maximum atomic E-state index is 12.5. The molecular weight excluding hydrogens is 420 g/mol. The van der Waals surface area contributed by atoms with Gasteiger partial charge in [-0.25, -0.2) is 4.98 Å². The van der Waals surface area contributed by atoms with Crippen molar-refractivity contribution < 1.29 is 9.53 Å². The Bertz CT molecular complexity index is 858. The van der Waals surface area contributed by atoms with Crippen molar-refractivity contribution in [3.8, 4) is 15.6 Å². The van der Waals surface area contributed by atoms with E-state index in [0.29, 0.717) is 18.8 Å². The minimum atomic E-state index is -0.0920. The summed E-state index contributed by atoms with van der Waals surface area (Å²) in [6, 6.07) is 9.89. The highest BCUT2D eigenvalue weighted by molar-refractivity contribution is 9.10. The van der Waals surface area contributed by atoms with Crippen LogP contribution in [0.4, 0.5) is 0 Å². The van der Waals surface area contributed by atoms with Gasteiger partial charge in [-0.15, -0.1) is 22.7 Å². The number of aryl methyl sites for hydroxylation is 1. The molecule has 0 bridgehead atoms. The van der Waals surface area contributed by atoms with Crippen LogP contribution in [0.25, 0.3) is 9.88 Å². The molecule has 0 atom stereocenters. The molecule has 0 spiro atoms. The molecule has 1 aromatic carbocycles. The van der Waals surface area contributed by atoms with Gasteiger partial charge in [0, 0.05) is 22.3 Å². The number of carbonyl (C=O) groups is 1. The van der Waals surface area contributed by atoms with Crippen LogP contribution in [0.15, 0.2) is 45.6 Å². The van der Waals surface area contributed by atoms with E-state index in [1.165, 1.54) is 16.9 Å². The number of ether oxygens (including phenoxy) is 1. The van der Waals surface area contributed by atoms with Crippen molar-refractivity contribution in [2.24, 2.45) is 0 Å². The molecule has 7 heteroatoms. The smallest absolute Gasteiger partial charge is 0.273 e. The first kappa shape index (κ1) is 18.1. The van der Waals surface area contributed by atoms with Crippen molar-refractivity contribution in [1.82, 2.24) is 9.88 Å². The summed E-state index contributed by atoms with van der Waals surface area (Å²) in [7, 11) is 1.77. The summed E-state index contributed by atoms with van der Waals surface area (Å²) in [5.41, 5.74) is 1.67. The predicted molar refractivity (Wildman–Crippen MR) is 107 cm³/mol.